The number of rotatable bonds is 7. The topological polar surface area (TPSA) is 55.4 Å². The molecule has 0 heterocycles. The second-order valence-corrected chi connectivity index (χ2v) is 7.45. The highest BCUT2D eigenvalue weighted by atomic mass is 35.5. The summed E-state index contributed by atoms with van der Waals surface area (Å²) in [4.78, 5) is 0. The maximum atomic E-state index is 12.0. The van der Waals surface area contributed by atoms with Gasteiger partial charge in [0, 0.05) is 17.0 Å². The number of halogens is 1. The quantitative estimate of drug-likeness (QED) is 0.812. The number of nitrogens with one attached hydrogen (secondary N) is 1. The monoisotopic (exact) mass is 365 g/mol. The third-order valence-corrected chi connectivity index (χ3v) is 4.80. The maximum absolute atomic E-state index is 12.0. The average molecular weight is 366 g/mol. The van der Waals surface area contributed by atoms with E-state index in [0.717, 1.165) is 27.8 Å². The van der Waals surface area contributed by atoms with Crippen molar-refractivity contribution in [1.29, 1.82) is 0 Å². The molecule has 2 aromatic rings. The molecule has 24 heavy (non-hydrogen) atoms. The second-order valence-electron chi connectivity index (χ2n) is 5.36. The smallest absolute Gasteiger partial charge is 0.233 e. The zero-order chi connectivity index (χ0) is 17.6. The van der Waals surface area contributed by atoms with Crippen molar-refractivity contribution in [2.75, 3.05) is 13.7 Å². The lowest BCUT2D eigenvalue weighted by molar-refractivity contribution is 0.409. The molecule has 0 unspecified atom stereocenters. The molecule has 0 spiro atoms. The van der Waals surface area contributed by atoms with E-state index in [9.17, 15) is 8.42 Å². The Morgan fingerprint density at radius 2 is 1.88 bits per heavy atom. The van der Waals surface area contributed by atoms with Crippen LogP contribution in [0.3, 0.4) is 0 Å². The van der Waals surface area contributed by atoms with Gasteiger partial charge in [0.25, 0.3) is 0 Å². The van der Waals surface area contributed by atoms with Crippen molar-refractivity contribution in [3.8, 4) is 5.75 Å². The van der Waals surface area contributed by atoms with E-state index < -0.39 is 10.0 Å². The minimum Gasteiger partial charge on any atom is -0.496 e. The van der Waals surface area contributed by atoms with Gasteiger partial charge in [0.05, 0.1) is 7.11 Å². The predicted octanol–water partition coefficient (Wildman–Crippen LogP) is 3.79. The molecule has 0 aliphatic carbocycles. The minimum absolute atomic E-state index is 0.299. The van der Waals surface area contributed by atoms with Gasteiger partial charge in [-0.15, -0.1) is 0 Å². The Morgan fingerprint density at radius 3 is 2.54 bits per heavy atom. The van der Waals surface area contributed by atoms with Crippen molar-refractivity contribution in [1.82, 2.24) is 4.72 Å². The largest absolute Gasteiger partial charge is 0.496 e. The number of benzene rings is 2. The van der Waals surface area contributed by atoms with Crippen molar-refractivity contribution < 1.29 is 13.2 Å². The van der Waals surface area contributed by atoms with Gasteiger partial charge >= 0.3 is 0 Å². The van der Waals surface area contributed by atoms with Crippen LogP contribution in [0.4, 0.5) is 0 Å². The van der Waals surface area contributed by atoms with E-state index in [1.54, 1.807) is 31.4 Å². The van der Waals surface area contributed by atoms with Gasteiger partial charge in [0.2, 0.25) is 10.0 Å². The van der Waals surface area contributed by atoms with Crippen molar-refractivity contribution in [2.45, 2.75) is 13.3 Å². The number of aryl methyl sites for hydroxylation is 1. The van der Waals surface area contributed by atoms with Crippen LogP contribution in [0.5, 0.6) is 5.75 Å². The van der Waals surface area contributed by atoms with Gasteiger partial charge in [-0.25, -0.2) is 13.1 Å². The zero-order valence-electron chi connectivity index (χ0n) is 13.6. The van der Waals surface area contributed by atoms with E-state index in [-0.39, 0.29) is 0 Å². The molecule has 0 saturated carbocycles. The van der Waals surface area contributed by atoms with Crippen LogP contribution in [0.1, 0.15) is 16.7 Å². The summed E-state index contributed by atoms with van der Waals surface area (Å²) in [7, 11) is -1.89. The molecule has 2 rings (SSSR count). The summed E-state index contributed by atoms with van der Waals surface area (Å²) in [5.74, 6) is 0.761. The van der Waals surface area contributed by atoms with E-state index in [1.165, 1.54) is 6.08 Å². The van der Waals surface area contributed by atoms with E-state index in [4.69, 9.17) is 16.3 Å². The Bertz CT molecular complexity index is 815. The molecule has 6 heteroatoms. The Hall–Kier alpha value is -1.82. The van der Waals surface area contributed by atoms with E-state index in [1.807, 2.05) is 25.1 Å². The molecule has 1 N–H and O–H groups in total. The van der Waals surface area contributed by atoms with Gasteiger partial charge in [-0.05, 0) is 48.7 Å². The number of methoxy groups -OCH3 is 1. The van der Waals surface area contributed by atoms with Crippen LogP contribution >= 0.6 is 11.6 Å². The van der Waals surface area contributed by atoms with Crippen molar-refractivity contribution >= 4 is 27.7 Å². The SMILES string of the molecule is COc1ccc(C)cc1CCNS(=O)(=O)/C=C/c1ccc(Cl)cc1. The molecule has 0 aromatic heterocycles. The van der Waals surface area contributed by atoms with E-state index >= 15 is 0 Å². The Labute approximate surface area is 148 Å². The molecular weight excluding hydrogens is 346 g/mol. The second kappa shape index (κ2) is 8.33. The number of sulfonamides is 1. The fourth-order valence-electron chi connectivity index (χ4n) is 2.22. The summed E-state index contributed by atoms with van der Waals surface area (Å²) >= 11 is 5.80. The highest BCUT2D eigenvalue weighted by Crippen LogP contribution is 2.19. The summed E-state index contributed by atoms with van der Waals surface area (Å²) in [5, 5.41) is 1.77. The first-order valence-electron chi connectivity index (χ1n) is 7.46. The first kappa shape index (κ1) is 18.5. The Kier molecular flexibility index (Phi) is 6.43. The maximum Gasteiger partial charge on any atom is 0.233 e. The minimum atomic E-state index is -3.49. The third-order valence-electron chi connectivity index (χ3n) is 3.44. The van der Waals surface area contributed by atoms with Crippen LogP contribution in [-0.4, -0.2) is 22.1 Å². The fourth-order valence-corrected chi connectivity index (χ4v) is 3.17. The van der Waals surface area contributed by atoms with Gasteiger partial charge in [-0.3, -0.25) is 0 Å². The molecule has 0 aliphatic heterocycles. The summed E-state index contributed by atoms with van der Waals surface area (Å²) in [6.07, 6.45) is 2.09. The average Bonchev–Trinajstić information content (AvgIpc) is 2.54. The van der Waals surface area contributed by atoms with Crippen LogP contribution in [-0.2, 0) is 16.4 Å². The molecule has 0 aliphatic rings. The summed E-state index contributed by atoms with van der Waals surface area (Å²) in [5.41, 5.74) is 2.85. The van der Waals surface area contributed by atoms with Crippen LogP contribution < -0.4 is 9.46 Å². The van der Waals surface area contributed by atoms with Crippen LogP contribution in [0.15, 0.2) is 47.9 Å². The fraction of sp³-hybridized carbons (Fsp3) is 0.222. The van der Waals surface area contributed by atoms with Crippen LogP contribution in [0, 0.1) is 6.92 Å². The number of hydrogen-bond donors (Lipinski definition) is 1. The van der Waals surface area contributed by atoms with Crippen molar-refractivity contribution in [2.24, 2.45) is 0 Å². The number of hydrogen-bond acceptors (Lipinski definition) is 3. The van der Waals surface area contributed by atoms with Gasteiger partial charge in [0.15, 0.2) is 0 Å². The summed E-state index contributed by atoms with van der Waals surface area (Å²) in [6, 6.07) is 12.8. The first-order valence-corrected chi connectivity index (χ1v) is 9.39. The standard InChI is InChI=1S/C18H20ClNO3S/c1-14-3-8-18(23-2)16(13-14)9-11-20-24(21,22)12-10-15-4-6-17(19)7-5-15/h3-8,10,12-13,20H,9,11H2,1-2H3/b12-10+. The molecule has 0 atom stereocenters. The molecule has 0 fully saturated rings. The summed E-state index contributed by atoms with van der Waals surface area (Å²) in [6.45, 7) is 2.29. The van der Waals surface area contributed by atoms with Crippen LogP contribution in [0.25, 0.3) is 6.08 Å². The normalized spacial score (nSPS) is 11.8. The van der Waals surface area contributed by atoms with Gasteiger partial charge in [-0.2, -0.15) is 0 Å². The van der Waals surface area contributed by atoms with Gasteiger partial charge in [0.1, 0.15) is 5.75 Å². The highest BCUT2D eigenvalue weighted by molar-refractivity contribution is 7.92. The zero-order valence-corrected chi connectivity index (χ0v) is 15.2. The Balaban J connectivity index is 1.95. The first-order chi connectivity index (χ1) is 11.4. The third kappa shape index (κ3) is 5.67. The van der Waals surface area contributed by atoms with Crippen LogP contribution in [0.2, 0.25) is 5.02 Å². The highest BCUT2D eigenvalue weighted by Gasteiger charge is 2.07. The molecule has 2 aromatic carbocycles. The Morgan fingerprint density at radius 1 is 1.17 bits per heavy atom. The molecule has 128 valence electrons. The predicted molar refractivity (Wildman–Crippen MR) is 98.8 cm³/mol. The van der Waals surface area contributed by atoms with Gasteiger partial charge in [-0.1, -0.05) is 41.4 Å². The molecule has 0 radical (unpaired) electrons. The lowest BCUT2D eigenvalue weighted by Crippen LogP contribution is -2.23. The molecular formula is C18H20ClNO3S. The molecule has 4 nitrogen and oxygen atoms in total. The van der Waals surface area contributed by atoms with Crippen molar-refractivity contribution in [3.05, 3.63) is 69.6 Å². The molecule has 0 bridgehead atoms. The van der Waals surface area contributed by atoms with E-state index in [2.05, 4.69) is 4.72 Å². The molecule has 0 amide bonds. The summed E-state index contributed by atoms with van der Waals surface area (Å²) < 4.78 is 31.9. The van der Waals surface area contributed by atoms with Gasteiger partial charge < -0.3 is 4.74 Å². The molecule has 0 saturated heterocycles. The van der Waals surface area contributed by atoms with Crippen molar-refractivity contribution in [3.63, 3.8) is 0 Å². The van der Waals surface area contributed by atoms with E-state index in [0.29, 0.717) is 18.0 Å². The number of ether oxygens (including phenoxy) is 1. The lowest BCUT2D eigenvalue weighted by Gasteiger charge is -2.09. The lowest BCUT2D eigenvalue weighted by atomic mass is 10.1.